The van der Waals surface area contributed by atoms with Crippen LogP contribution >= 0.6 is 11.6 Å². The third-order valence-corrected chi connectivity index (χ3v) is 3.15. The molecule has 0 aliphatic carbocycles. The summed E-state index contributed by atoms with van der Waals surface area (Å²) >= 11 is 5.94. The van der Waals surface area contributed by atoms with Gasteiger partial charge in [-0.1, -0.05) is 24.6 Å². The summed E-state index contributed by atoms with van der Waals surface area (Å²) < 4.78 is 39.1. The van der Waals surface area contributed by atoms with E-state index < -0.39 is 11.9 Å². The summed E-state index contributed by atoms with van der Waals surface area (Å²) in [6.07, 6.45) is -2.19. The second-order valence-electron chi connectivity index (χ2n) is 4.59. The predicted molar refractivity (Wildman–Crippen MR) is 75.6 cm³/mol. The molecule has 2 rings (SSSR count). The lowest BCUT2D eigenvalue weighted by molar-refractivity contribution is -0.141. The molecular formula is C14H15ClF3N3. The van der Waals surface area contributed by atoms with Crippen molar-refractivity contribution >= 4 is 11.6 Å². The molecule has 0 unspecified atom stereocenters. The number of benzene rings is 1. The molecule has 0 spiro atoms. The van der Waals surface area contributed by atoms with Crippen LogP contribution in [0, 0.1) is 0 Å². The lowest BCUT2D eigenvalue weighted by Gasteiger charge is -2.11. The van der Waals surface area contributed by atoms with Gasteiger partial charge in [0.2, 0.25) is 0 Å². The molecule has 114 valence electrons. The summed E-state index contributed by atoms with van der Waals surface area (Å²) in [7, 11) is 0. The van der Waals surface area contributed by atoms with Crippen LogP contribution < -0.4 is 5.32 Å². The Morgan fingerprint density at radius 1 is 1.29 bits per heavy atom. The van der Waals surface area contributed by atoms with E-state index in [2.05, 4.69) is 10.4 Å². The average Bonchev–Trinajstić information content (AvgIpc) is 2.90. The molecule has 0 fully saturated rings. The molecule has 3 nitrogen and oxygen atoms in total. The van der Waals surface area contributed by atoms with Crippen molar-refractivity contribution in [3.63, 3.8) is 0 Å². The first kappa shape index (κ1) is 15.9. The van der Waals surface area contributed by atoms with Crippen LogP contribution in [0.3, 0.4) is 0 Å². The third kappa shape index (κ3) is 3.98. The standard InChI is InChI=1S/C14H15ClF3N3/c1-2-6-19-9-10-3-4-11(15)8-12(10)21-7-5-13(20-21)14(16,17)18/h3-5,7-8,19H,2,6,9H2,1H3. The summed E-state index contributed by atoms with van der Waals surface area (Å²) in [6.45, 7) is 3.41. The maximum absolute atomic E-state index is 12.6. The van der Waals surface area contributed by atoms with E-state index in [0.29, 0.717) is 17.3 Å². The highest BCUT2D eigenvalue weighted by Crippen LogP contribution is 2.28. The zero-order valence-electron chi connectivity index (χ0n) is 11.4. The number of alkyl halides is 3. The number of nitrogens with one attached hydrogen (secondary N) is 1. The van der Waals surface area contributed by atoms with Crippen molar-refractivity contribution in [1.82, 2.24) is 15.1 Å². The van der Waals surface area contributed by atoms with Gasteiger partial charge in [-0.05, 0) is 36.7 Å². The Bertz CT molecular complexity index is 608. The fourth-order valence-corrected chi connectivity index (χ4v) is 2.08. The largest absolute Gasteiger partial charge is 0.435 e. The van der Waals surface area contributed by atoms with Crippen LogP contribution in [0.15, 0.2) is 30.5 Å². The van der Waals surface area contributed by atoms with Crippen LogP contribution in [0.25, 0.3) is 5.69 Å². The molecule has 21 heavy (non-hydrogen) atoms. The van der Waals surface area contributed by atoms with Crippen LogP contribution in [0.2, 0.25) is 5.02 Å². The number of hydrogen-bond donors (Lipinski definition) is 1. The first-order chi connectivity index (χ1) is 9.91. The van der Waals surface area contributed by atoms with Gasteiger partial charge in [-0.25, -0.2) is 4.68 Å². The lowest BCUT2D eigenvalue weighted by Crippen LogP contribution is -2.16. The zero-order chi connectivity index (χ0) is 15.5. The van der Waals surface area contributed by atoms with Crippen LogP contribution in [-0.2, 0) is 12.7 Å². The fraction of sp³-hybridized carbons (Fsp3) is 0.357. The van der Waals surface area contributed by atoms with Gasteiger partial charge in [0, 0.05) is 17.8 Å². The van der Waals surface area contributed by atoms with E-state index in [9.17, 15) is 13.2 Å². The molecule has 1 heterocycles. The fourth-order valence-electron chi connectivity index (χ4n) is 1.91. The maximum atomic E-state index is 12.6. The number of nitrogens with zero attached hydrogens (tertiary/aromatic N) is 2. The summed E-state index contributed by atoms with van der Waals surface area (Å²) in [6, 6.07) is 6.05. The Labute approximate surface area is 125 Å². The molecule has 1 aromatic carbocycles. The molecule has 0 bridgehead atoms. The van der Waals surface area contributed by atoms with Gasteiger partial charge in [0.05, 0.1) is 5.69 Å². The van der Waals surface area contributed by atoms with E-state index in [-0.39, 0.29) is 0 Å². The minimum absolute atomic E-state index is 0.452. The molecule has 0 radical (unpaired) electrons. The number of rotatable bonds is 5. The second-order valence-corrected chi connectivity index (χ2v) is 5.03. The minimum atomic E-state index is -4.45. The summed E-state index contributed by atoms with van der Waals surface area (Å²) in [5, 5.41) is 7.25. The SMILES string of the molecule is CCCNCc1ccc(Cl)cc1-n1ccc(C(F)(F)F)n1. The minimum Gasteiger partial charge on any atom is -0.313 e. The molecule has 1 N–H and O–H groups in total. The third-order valence-electron chi connectivity index (χ3n) is 2.92. The van der Waals surface area contributed by atoms with Gasteiger partial charge in [-0.3, -0.25) is 0 Å². The average molecular weight is 318 g/mol. The highest BCUT2D eigenvalue weighted by Gasteiger charge is 2.33. The van der Waals surface area contributed by atoms with Crippen LogP contribution in [0.1, 0.15) is 24.6 Å². The molecule has 0 saturated carbocycles. The van der Waals surface area contributed by atoms with Crippen LogP contribution in [0.5, 0.6) is 0 Å². The molecule has 7 heteroatoms. The van der Waals surface area contributed by atoms with Crippen LogP contribution in [0.4, 0.5) is 13.2 Å². The molecule has 2 aromatic rings. The van der Waals surface area contributed by atoms with Gasteiger partial charge in [-0.15, -0.1) is 0 Å². The highest BCUT2D eigenvalue weighted by atomic mass is 35.5. The summed E-state index contributed by atoms with van der Waals surface area (Å²) in [5.41, 5.74) is 0.459. The van der Waals surface area contributed by atoms with Crippen molar-refractivity contribution in [2.75, 3.05) is 6.54 Å². The molecular weight excluding hydrogens is 303 g/mol. The van der Waals surface area contributed by atoms with Gasteiger partial charge in [-0.2, -0.15) is 18.3 Å². The lowest BCUT2D eigenvalue weighted by atomic mass is 10.1. The second kappa shape index (κ2) is 6.49. The number of aromatic nitrogens is 2. The van der Waals surface area contributed by atoms with E-state index >= 15 is 0 Å². The molecule has 0 amide bonds. The van der Waals surface area contributed by atoms with Gasteiger partial charge < -0.3 is 5.32 Å². The summed E-state index contributed by atoms with van der Waals surface area (Å²) in [4.78, 5) is 0. The van der Waals surface area contributed by atoms with Crippen molar-refractivity contribution in [3.8, 4) is 5.69 Å². The van der Waals surface area contributed by atoms with E-state index in [1.54, 1.807) is 18.2 Å². The number of halogens is 4. The van der Waals surface area contributed by atoms with Crippen molar-refractivity contribution in [2.45, 2.75) is 26.1 Å². The zero-order valence-corrected chi connectivity index (χ0v) is 12.2. The van der Waals surface area contributed by atoms with Crippen molar-refractivity contribution in [1.29, 1.82) is 0 Å². The Hall–Kier alpha value is -1.53. The van der Waals surface area contributed by atoms with E-state index in [0.717, 1.165) is 24.6 Å². The first-order valence-electron chi connectivity index (χ1n) is 6.54. The monoisotopic (exact) mass is 317 g/mol. The van der Waals surface area contributed by atoms with E-state index in [1.807, 2.05) is 6.92 Å². The molecule has 1 aromatic heterocycles. The quantitative estimate of drug-likeness (QED) is 0.843. The summed E-state index contributed by atoms with van der Waals surface area (Å²) in [5.74, 6) is 0. The molecule has 0 saturated heterocycles. The maximum Gasteiger partial charge on any atom is 0.435 e. The van der Waals surface area contributed by atoms with Gasteiger partial charge >= 0.3 is 6.18 Å². The van der Waals surface area contributed by atoms with E-state index in [1.165, 1.54) is 10.9 Å². The van der Waals surface area contributed by atoms with E-state index in [4.69, 9.17) is 11.6 Å². The molecule has 0 atom stereocenters. The van der Waals surface area contributed by atoms with Gasteiger partial charge in [0.15, 0.2) is 5.69 Å². The smallest absolute Gasteiger partial charge is 0.313 e. The normalized spacial score (nSPS) is 11.9. The van der Waals surface area contributed by atoms with Gasteiger partial charge in [0.1, 0.15) is 0 Å². The Morgan fingerprint density at radius 2 is 2.05 bits per heavy atom. The van der Waals surface area contributed by atoms with Crippen molar-refractivity contribution < 1.29 is 13.2 Å². The Balaban J connectivity index is 2.33. The molecule has 0 aliphatic rings. The first-order valence-corrected chi connectivity index (χ1v) is 6.92. The Kier molecular flexibility index (Phi) is 4.90. The molecule has 0 aliphatic heterocycles. The van der Waals surface area contributed by atoms with Crippen molar-refractivity contribution in [3.05, 3.63) is 46.7 Å². The van der Waals surface area contributed by atoms with Crippen LogP contribution in [-0.4, -0.2) is 16.3 Å². The van der Waals surface area contributed by atoms with Gasteiger partial charge in [0.25, 0.3) is 0 Å². The van der Waals surface area contributed by atoms with Crippen molar-refractivity contribution in [2.24, 2.45) is 0 Å². The highest BCUT2D eigenvalue weighted by molar-refractivity contribution is 6.30. The predicted octanol–water partition coefficient (Wildman–Crippen LogP) is 4.04. The topological polar surface area (TPSA) is 29.9 Å². The number of hydrogen-bond acceptors (Lipinski definition) is 2. The Morgan fingerprint density at radius 3 is 2.67 bits per heavy atom.